The fourth-order valence-electron chi connectivity index (χ4n) is 2.67. The van der Waals surface area contributed by atoms with Crippen LogP contribution in [0.25, 0.3) is 0 Å². The molecule has 3 nitrogen and oxygen atoms in total. The van der Waals surface area contributed by atoms with E-state index in [2.05, 4.69) is 13.0 Å². The fourth-order valence-corrected chi connectivity index (χ4v) is 2.67. The van der Waals surface area contributed by atoms with Crippen molar-refractivity contribution in [2.75, 3.05) is 26.3 Å². The van der Waals surface area contributed by atoms with Gasteiger partial charge in [-0.1, -0.05) is 77.2 Å². The minimum atomic E-state index is 0.142. The van der Waals surface area contributed by atoms with Crippen LogP contribution in [0.15, 0.2) is 12.3 Å². The van der Waals surface area contributed by atoms with E-state index in [4.69, 9.17) is 10.2 Å². The molecule has 0 atom stereocenters. The average Bonchev–Trinajstić information content (AvgIpc) is 2.52. The minimum absolute atomic E-state index is 0.142. The molecule has 0 saturated carbocycles. The molecule has 0 aromatic carbocycles. The number of hydrogen-bond donors (Lipinski definition) is 2. The van der Waals surface area contributed by atoms with Gasteiger partial charge in [-0.3, -0.25) is 0 Å². The van der Waals surface area contributed by atoms with E-state index in [1.165, 1.54) is 70.6 Å². The normalized spacial score (nSPS) is 11.4. The number of aliphatic hydroxyl groups is 2. The highest BCUT2D eigenvalue weighted by molar-refractivity contribution is 4.82. The van der Waals surface area contributed by atoms with Gasteiger partial charge in [0.2, 0.25) is 0 Å². The van der Waals surface area contributed by atoms with Crippen LogP contribution in [0.2, 0.25) is 0 Å². The molecule has 0 aliphatic rings. The predicted octanol–water partition coefficient (Wildman–Crippen LogP) is 4.49. The third-order valence-corrected chi connectivity index (χ3v) is 4.06. The number of rotatable bonds is 17. The molecule has 0 unspecified atom stereocenters. The summed E-state index contributed by atoms with van der Waals surface area (Å²) in [5.41, 5.74) is 0. The largest absolute Gasteiger partial charge is 0.395 e. The quantitative estimate of drug-likeness (QED) is 0.389. The second-order valence-corrected chi connectivity index (χ2v) is 6.19. The first-order valence-corrected chi connectivity index (χ1v) is 9.47. The number of aliphatic hydroxyl groups excluding tert-OH is 2. The Bertz CT molecular complexity index is 225. The molecule has 0 fully saturated rings. The minimum Gasteiger partial charge on any atom is -0.395 e. The number of nitrogens with zero attached hydrogens (tertiary/aromatic N) is 1. The van der Waals surface area contributed by atoms with Crippen LogP contribution in [-0.2, 0) is 0 Å². The van der Waals surface area contributed by atoms with Crippen LogP contribution in [0.3, 0.4) is 0 Å². The van der Waals surface area contributed by atoms with Gasteiger partial charge in [0.25, 0.3) is 0 Å². The van der Waals surface area contributed by atoms with Crippen LogP contribution in [0, 0.1) is 0 Å². The predicted molar refractivity (Wildman–Crippen MR) is 96.0 cm³/mol. The van der Waals surface area contributed by atoms with Gasteiger partial charge < -0.3 is 15.1 Å². The SMILES string of the molecule is CCCCCCCCCCCCCC=CN(CCO)CCO. The summed E-state index contributed by atoms with van der Waals surface area (Å²) in [6.45, 7) is 3.77. The molecule has 132 valence electrons. The van der Waals surface area contributed by atoms with Gasteiger partial charge in [0.15, 0.2) is 0 Å². The van der Waals surface area contributed by atoms with Crippen molar-refractivity contribution in [3.05, 3.63) is 12.3 Å². The van der Waals surface area contributed by atoms with Crippen molar-refractivity contribution >= 4 is 0 Å². The highest BCUT2D eigenvalue weighted by Crippen LogP contribution is 2.12. The zero-order valence-electron chi connectivity index (χ0n) is 14.8. The second-order valence-electron chi connectivity index (χ2n) is 6.19. The van der Waals surface area contributed by atoms with Gasteiger partial charge in [0, 0.05) is 13.1 Å². The summed E-state index contributed by atoms with van der Waals surface area (Å²) in [6.07, 6.45) is 20.4. The molecule has 0 amide bonds. The molecule has 0 heterocycles. The third kappa shape index (κ3) is 15.8. The molecule has 0 bridgehead atoms. The Morgan fingerprint density at radius 3 is 1.59 bits per heavy atom. The molecule has 2 N–H and O–H groups in total. The number of unbranched alkanes of at least 4 members (excludes halogenated alkanes) is 11. The van der Waals surface area contributed by atoms with Crippen LogP contribution in [-0.4, -0.2) is 41.4 Å². The first-order valence-electron chi connectivity index (χ1n) is 9.47. The van der Waals surface area contributed by atoms with E-state index in [9.17, 15) is 0 Å². The topological polar surface area (TPSA) is 43.7 Å². The fraction of sp³-hybridized carbons (Fsp3) is 0.895. The first-order chi connectivity index (χ1) is 10.8. The van der Waals surface area contributed by atoms with Gasteiger partial charge in [-0.15, -0.1) is 0 Å². The maximum atomic E-state index is 8.91. The van der Waals surface area contributed by atoms with Crippen LogP contribution >= 0.6 is 0 Å². The molecule has 0 aliphatic carbocycles. The molecular formula is C19H39NO2. The molecule has 0 spiro atoms. The summed E-state index contributed by atoms with van der Waals surface area (Å²) in [7, 11) is 0. The van der Waals surface area contributed by atoms with E-state index in [0.29, 0.717) is 13.1 Å². The Labute approximate surface area is 138 Å². The summed E-state index contributed by atoms with van der Waals surface area (Å²) in [5.74, 6) is 0. The standard InChI is InChI=1S/C19H39NO2/c1-2-3-4-5-6-7-8-9-10-11-12-13-14-15-20(16-18-21)17-19-22/h14-15,21-22H,2-13,16-19H2,1H3. The molecule has 3 heteroatoms. The molecule has 0 aromatic rings. The van der Waals surface area contributed by atoms with E-state index in [-0.39, 0.29) is 13.2 Å². The van der Waals surface area contributed by atoms with Crippen molar-refractivity contribution < 1.29 is 10.2 Å². The highest BCUT2D eigenvalue weighted by atomic mass is 16.3. The molecule has 0 saturated heterocycles. The molecule has 0 radical (unpaired) electrons. The van der Waals surface area contributed by atoms with Crippen LogP contribution < -0.4 is 0 Å². The lowest BCUT2D eigenvalue weighted by molar-refractivity contribution is 0.198. The maximum absolute atomic E-state index is 8.91. The van der Waals surface area contributed by atoms with E-state index >= 15 is 0 Å². The van der Waals surface area contributed by atoms with Crippen molar-refractivity contribution in [2.24, 2.45) is 0 Å². The number of allylic oxidation sites excluding steroid dienone is 1. The Kier molecular flexibility index (Phi) is 18.1. The van der Waals surface area contributed by atoms with Gasteiger partial charge >= 0.3 is 0 Å². The third-order valence-electron chi connectivity index (χ3n) is 4.06. The Morgan fingerprint density at radius 2 is 1.14 bits per heavy atom. The zero-order valence-corrected chi connectivity index (χ0v) is 14.8. The van der Waals surface area contributed by atoms with Crippen molar-refractivity contribution in [3.8, 4) is 0 Å². The summed E-state index contributed by atoms with van der Waals surface area (Å²) in [6, 6.07) is 0. The van der Waals surface area contributed by atoms with E-state index in [1.807, 2.05) is 11.1 Å². The van der Waals surface area contributed by atoms with E-state index in [1.54, 1.807) is 0 Å². The smallest absolute Gasteiger partial charge is 0.0606 e. The van der Waals surface area contributed by atoms with Gasteiger partial charge in [0.1, 0.15) is 0 Å². The lowest BCUT2D eigenvalue weighted by atomic mass is 10.1. The highest BCUT2D eigenvalue weighted by Gasteiger charge is 1.96. The molecule has 0 aromatic heterocycles. The average molecular weight is 314 g/mol. The Hall–Kier alpha value is -0.540. The van der Waals surface area contributed by atoms with Crippen LogP contribution in [0.4, 0.5) is 0 Å². The Morgan fingerprint density at radius 1 is 0.682 bits per heavy atom. The van der Waals surface area contributed by atoms with Crippen molar-refractivity contribution in [3.63, 3.8) is 0 Å². The van der Waals surface area contributed by atoms with Gasteiger partial charge in [-0.05, 0) is 19.0 Å². The van der Waals surface area contributed by atoms with E-state index in [0.717, 1.165) is 6.42 Å². The van der Waals surface area contributed by atoms with Gasteiger partial charge in [-0.25, -0.2) is 0 Å². The maximum Gasteiger partial charge on any atom is 0.0606 e. The van der Waals surface area contributed by atoms with Gasteiger partial charge in [-0.2, -0.15) is 0 Å². The Balaban J connectivity index is 3.28. The monoisotopic (exact) mass is 313 g/mol. The second kappa shape index (κ2) is 18.5. The summed E-state index contributed by atoms with van der Waals surface area (Å²) >= 11 is 0. The van der Waals surface area contributed by atoms with Crippen molar-refractivity contribution in [2.45, 2.75) is 84.0 Å². The lowest BCUT2D eigenvalue weighted by Crippen LogP contribution is -2.24. The first kappa shape index (κ1) is 21.5. The lowest BCUT2D eigenvalue weighted by Gasteiger charge is -2.17. The van der Waals surface area contributed by atoms with Crippen LogP contribution in [0.5, 0.6) is 0 Å². The molecule has 22 heavy (non-hydrogen) atoms. The summed E-state index contributed by atoms with van der Waals surface area (Å²) in [5, 5.41) is 17.8. The number of hydrogen-bond acceptors (Lipinski definition) is 3. The van der Waals surface area contributed by atoms with Gasteiger partial charge in [0.05, 0.1) is 13.2 Å². The zero-order chi connectivity index (χ0) is 16.3. The van der Waals surface area contributed by atoms with E-state index < -0.39 is 0 Å². The summed E-state index contributed by atoms with van der Waals surface area (Å²) < 4.78 is 0. The molecule has 0 aliphatic heterocycles. The van der Waals surface area contributed by atoms with Crippen molar-refractivity contribution in [1.82, 2.24) is 4.90 Å². The summed E-state index contributed by atoms with van der Waals surface area (Å²) in [4.78, 5) is 1.97. The molecule has 0 rings (SSSR count). The van der Waals surface area contributed by atoms with Crippen LogP contribution in [0.1, 0.15) is 84.0 Å². The molecular weight excluding hydrogens is 274 g/mol. The van der Waals surface area contributed by atoms with Crippen molar-refractivity contribution in [1.29, 1.82) is 0 Å².